The highest BCUT2D eigenvalue weighted by Gasteiger charge is 2.11. The minimum atomic E-state index is 0.588. The van der Waals surface area contributed by atoms with Gasteiger partial charge in [-0.3, -0.25) is 0 Å². The number of halogens is 1. The third-order valence-electron chi connectivity index (χ3n) is 2.53. The number of nitrogens with zero attached hydrogens (tertiary/aromatic N) is 4. The van der Waals surface area contributed by atoms with Crippen molar-refractivity contribution in [2.45, 2.75) is 20.3 Å². The lowest BCUT2D eigenvalue weighted by atomic mass is 10.2. The molecule has 6 nitrogen and oxygen atoms in total. The first kappa shape index (κ1) is 15.7. The second kappa shape index (κ2) is 7.96. The van der Waals surface area contributed by atoms with E-state index in [1.54, 1.807) is 6.21 Å². The molecule has 1 heterocycles. The van der Waals surface area contributed by atoms with Gasteiger partial charge in [-0.05, 0) is 53.6 Å². The van der Waals surface area contributed by atoms with Crippen LogP contribution in [0.2, 0.25) is 0 Å². The van der Waals surface area contributed by atoms with Crippen molar-refractivity contribution in [3.8, 4) is 11.5 Å². The van der Waals surface area contributed by atoms with E-state index in [1.807, 2.05) is 19.1 Å². The smallest absolute Gasteiger partial charge is 0.174 e. The van der Waals surface area contributed by atoms with Gasteiger partial charge in [0.15, 0.2) is 11.5 Å². The number of rotatable bonds is 7. The van der Waals surface area contributed by atoms with Gasteiger partial charge in [0, 0.05) is 0 Å². The van der Waals surface area contributed by atoms with Crippen LogP contribution < -0.4 is 9.47 Å². The summed E-state index contributed by atoms with van der Waals surface area (Å²) in [5, 5.41) is 11.6. The maximum Gasteiger partial charge on any atom is 0.174 e. The molecule has 0 aliphatic heterocycles. The van der Waals surface area contributed by atoms with Crippen molar-refractivity contribution in [2.24, 2.45) is 5.10 Å². The Morgan fingerprint density at radius 3 is 2.67 bits per heavy atom. The van der Waals surface area contributed by atoms with Crippen molar-refractivity contribution in [3.63, 3.8) is 0 Å². The highest BCUT2D eigenvalue weighted by molar-refractivity contribution is 14.1. The molecule has 1 aromatic heterocycles. The van der Waals surface area contributed by atoms with Crippen LogP contribution in [0, 0.1) is 3.57 Å². The molecule has 1 aromatic carbocycles. The lowest BCUT2D eigenvalue weighted by Crippen LogP contribution is -2.03. The van der Waals surface area contributed by atoms with Gasteiger partial charge in [-0.1, -0.05) is 6.92 Å². The van der Waals surface area contributed by atoms with Gasteiger partial charge in [-0.15, -0.1) is 10.2 Å². The van der Waals surface area contributed by atoms with Crippen LogP contribution in [0.15, 0.2) is 29.9 Å². The summed E-state index contributed by atoms with van der Waals surface area (Å²) >= 11 is 2.25. The van der Waals surface area contributed by atoms with Crippen LogP contribution in [0.3, 0.4) is 0 Å². The first-order chi connectivity index (χ1) is 10.2. The van der Waals surface area contributed by atoms with Gasteiger partial charge in [0.25, 0.3) is 0 Å². The summed E-state index contributed by atoms with van der Waals surface area (Å²) in [7, 11) is 0. The van der Waals surface area contributed by atoms with E-state index in [1.165, 1.54) is 17.3 Å². The van der Waals surface area contributed by atoms with Crippen LogP contribution in [0.25, 0.3) is 0 Å². The molecule has 0 N–H and O–H groups in total. The normalized spacial score (nSPS) is 11.0. The van der Waals surface area contributed by atoms with E-state index in [4.69, 9.17) is 9.47 Å². The fraction of sp³-hybridized carbons (Fsp3) is 0.357. The topological polar surface area (TPSA) is 61.5 Å². The fourth-order valence-electron chi connectivity index (χ4n) is 1.66. The van der Waals surface area contributed by atoms with Gasteiger partial charge in [0.2, 0.25) is 0 Å². The van der Waals surface area contributed by atoms with Crippen LogP contribution in [0.1, 0.15) is 25.8 Å². The molecule has 0 spiro atoms. The predicted molar refractivity (Wildman–Crippen MR) is 89.1 cm³/mol. The Kier molecular flexibility index (Phi) is 5.97. The third kappa shape index (κ3) is 4.42. The first-order valence-corrected chi connectivity index (χ1v) is 7.80. The zero-order valence-corrected chi connectivity index (χ0v) is 14.1. The van der Waals surface area contributed by atoms with Gasteiger partial charge in [0.1, 0.15) is 12.7 Å². The molecule has 0 bridgehead atoms. The summed E-state index contributed by atoms with van der Waals surface area (Å²) in [6, 6.07) is 3.92. The minimum Gasteiger partial charge on any atom is -0.490 e. The van der Waals surface area contributed by atoms with Gasteiger partial charge in [0.05, 0.1) is 23.0 Å². The maximum absolute atomic E-state index is 5.77. The largest absolute Gasteiger partial charge is 0.490 e. The molecule has 21 heavy (non-hydrogen) atoms. The van der Waals surface area contributed by atoms with E-state index in [0.717, 1.165) is 27.1 Å². The zero-order valence-electron chi connectivity index (χ0n) is 12.0. The van der Waals surface area contributed by atoms with Crippen molar-refractivity contribution >= 4 is 28.8 Å². The van der Waals surface area contributed by atoms with Crippen molar-refractivity contribution in [2.75, 3.05) is 13.2 Å². The molecule has 0 radical (unpaired) electrons. The third-order valence-corrected chi connectivity index (χ3v) is 3.33. The average molecular weight is 400 g/mol. The van der Waals surface area contributed by atoms with E-state index in [0.29, 0.717) is 13.2 Å². The van der Waals surface area contributed by atoms with E-state index in [2.05, 4.69) is 44.8 Å². The Hall–Kier alpha value is -1.64. The minimum absolute atomic E-state index is 0.588. The Morgan fingerprint density at radius 1 is 1.24 bits per heavy atom. The molecule has 0 fully saturated rings. The summed E-state index contributed by atoms with van der Waals surface area (Å²) in [6.07, 6.45) is 5.75. The second-order valence-electron chi connectivity index (χ2n) is 4.20. The van der Waals surface area contributed by atoms with Crippen molar-refractivity contribution in [3.05, 3.63) is 33.9 Å². The van der Waals surface area contributed by atoms with Crippen LogP contribution in [0.5, 0.6) is 11.5 Å². The second-order valence-corrected chi connectivity index (χ2v) is 5.36. The maximum atomic E-state index is 5.77. The Morgan fingerprint density at radius 2 is 2.00 bits per heavy atom. The Labute approximate surface area is 137 Å². The molecule has 2 aromatic rings. The lowest BCUT2D eigenvalue weighted by molar-refractivity contribution is 0.275. The number of hydrogen-bond acceptors (Lipinski definition) is 5. The zero-order chi connectivity index (χ0) is 15.1. The molecule has 0 saturated heterocycles. The van der Waals surface area contributed by atoms with Crippen LogP contribution in [-0.4, -0.2) is 34.3 Å². The van der Waals surface area contributed by atoms with Crippen LogP contribution >= 0.6 is 22.6 Å². The first-order valence-electron chi connectivity index (χ1n) is 6.72. The Balaban J connectivity index is 2.27. The fourth-order valence-corrected chi connectivity index (χ4v) is 2.44. The molecule has 112 valence electrons. The predicted octanol–water partition coefficient (Wildman–Crippen LogP) is 2.95. The standard InChI is InChI=1S/C14H17IN4O2/c1-3-5-21-14-12(15)6-11(7-13(14)20-4-2)8-18-19-9-16-17-10-19/h6-10H,3-5H2,1-2H3/b18-8-. The average Bonchev–Trinajstić information content (AvgIpc) is 2.98. The van der Waals surface area contributed by atoms with E-state index in [9.17, 15) is 0 Å². The van der Waals surface area contributed by atoms with Crippen LogP contribution in [-0.2, 0) is 0 Å². The number of hydrogen-bond donors (Lipinski definition) is 0. The Bertz CT molecular complexity index is 599. The molecule has 0 amide bonds. The molecule has 0 saturated carbocycles. The summed E-state index contributed by atoms with van der Waals surface area (Å²) in [4.78, 5) is 0. The monoisotopic (exact) mass is 400 g/mol. The molecular formula is C14H17IN4O2. The van der Waals surface area contributed by atoms with Crippen molar-refractivity contribution in [1.29, 1.82) is 0 Å². The molecule has 0 atom stereocenters. The highest BCUT2D eigenvalue weighted by atomic mass is 127. The number of ether oxygens (including phenoxy) is 2. The molecule has 7 heteroatoms. The summed E-state index contributed by atoms with van der Waals surface area (Å²) in [5.74, 6) is 1.53. The van der Waals surface area contributed by atoms with Gasteiger partial charge < -0.3 is 9.47 Å². The molecule has 0 unspecified atom stereocenters. The number of aromatic nitrogens is 3. The highest BCUT2D eigenvalue weighted by Crippen LogP contribution is 2.34. The molecule has 0 aliphatic carbocycles. The summed E-state index contributed by atoms with van der Waals surface area (Å²) < 4.78 is 14.0. The summed E-state index contributed by atoms with van der Waals surface area (Å²) in [5.41, 5.74) is 0.931. The van der Waals surface area contributed by atoms with Crippen molar-refractivity contribution < 1.29 is 9.47 Å². The molecule has 0 aliphatic rings. The molecule has 2 rings (SSSR count). The van der Waals surface area contributed by atoms with E-state index < -0.39 is 0 Å². The van der Waals surface area contributed by atoms with E-state index >= 15 is 0 Å². The van der Waals surface area contributed by atoms with Crippen molar-refractivity contribution in [1.82, 2.24) is 14.9 Å². The van der Waals surface area contributed by atoms with Gasteiger partial charge >= 0.3 is 0 Å². The van der Waals surface area contributed by atoms with Gasteiger partial charge in [-0.25, -0.2) is 4.68 Å². The molecular weight excluding hydrogens is 383 g/mol. The van der Waals surface area contributed by atoms with Crippen LogP contribution in [0.4, 0.5) is 0 Å². The quantitative estimate of drug-likeness (QED) is 0.530. The summed E-state index contributed by atoms with van der Waals surface area (Å²) in [6.45, 7) is 5.29. The number of benzene rings is 1. The SMILES string of the molecule is CCCOc1c(I)cc(/C=N\n2cnnc2)cc1OCC. The van der Waals surface area contributed by atoms with E-state index in [-0.39, 0.29) is 0 Å². The van der Waals surface area contributed by atoms with Gasteiger partial charge in [-0.2, -0.15) is 5.10 Å². The lowest BCUT2D eigenvalue weighted by Gasteiger charge is -2.14.